The Morgan fingerprint density at radius 3 is 2.23 bits per heavy atom. The van der Waals surface area contributed by atoms with Crippen molar-refractivity contribution in [1.29, 1.82) is 0 Å². The number of aromatic nitrogens is 2. The first-order valence-electron chi connectivity index (χ1n) is 8.03. The number of hydrogen-bond acceptors (Lipinski definition) is 3. The van der Waals surface area contributed by atoms with Crippen molar-refractivity contribution in [3.63, 3.8) is 0 Å². The van der Waals surface area contributed by atoms with Crippen molar-refractivity contribution in [3.8, 4) is 28.0 Å². The zero-order valence-electron chi connectivity index (χ0n) is 13.9. The molecule has 0 aliphatic rings. The summed E-state index contributed by atoms with van der Waals surface area (Å²) in [6.07, 6.45) is 3.10. The van der Waals surface area contributed by atoms with Crippen molar-refractivity contribution in [2.24, 2.45) is 0 Å². The summed E-state index contributed by atoms with van der Waals surface area (Å²) in [5.74, 6) is -0.271. The van der Waals surface area contributed by atoms with Crippen LogP contribution >= 0.6 is 15.9 Å². The van der Waals surface area contributed by atoms with Crippen molar-refractivity contribution < 1.29 is 9.50 Å². The molecule has 128 valence electrons. The lowest BCUT2D eigenvalue weighted by atomic mass is 9.91. The Morgan fingerprint density at radius 1 is 0.923 bits per heavy atom. The van der Waals surface area contributed by atoms with E-state index in [0.717, 1.165) is 33.2 Å². The molecular formula is C21H14BrFN2O. The Morgan fingerprint density at radius 2 is 1.54 bits per heavy atom. The number of aromatic hydroxyl groups is 1. The minimum absolute atomic E-state index is 0.0394. The first-order valence-corrected chi connectivity index (χ1v) is 8.82. The van der Waals surface area contributed by atoms with Gasteiger partial charge < -0.3 is 5.11 Å². The zero-order chi connectivity index (χ0) is 18.3. The number of benzene rings is 3. The Bertz CT molecular complexity index is 1110. The van der Waals surface area contributed by atoms with Crippen LogP contribution in [0.5, 0.6) is 5.75 Å². The third-order valence-electron chi connectivity index (χ3n) is 4.36. The number of aryl methyl sites for hydroxylation is 1. The molecule has 0 aliphatic carbocycles. The quantitative estimate of drug-likeness (QED) is 0.450. The van der Waals surface area contributed by atoms with Gasteiger partial charge in [-0.15, -0.1) is 0 Å². The molecule has 0 atom stereocenters. The lowest BCUT2D eigenvalue weighted by Gasteiger charge is -2.17. The molecule has 0 saturated carbocycles. The SMILES string of the molecule is Cc1ccc(-c2c(-c3ccc(F)cc3)c(Br)c(O)c3ncncc23)cc1. The predicted octanol–water partition coefficient (Wildman–Crippen LogP) is 5.88. The summed E-state index contributed by atoms with van der Waals surface area (Å²) in [7, 11) is 0. The van der Waals surface area contributed by atoms with Crippen molar-refractivity contribution in [1.82, 2.24) is 9.97 Å². The fourth-order valence-corrected chi connectivity index (χ4v) is 3.69. The van der Waals surface area contributed by atoms with Crippen LogP contribution in [0.25, 0.3) is 33.2 Å². The van der Waals surface area contributed by atoms with Crippen LogP contribution in [0.3, 0.4) is 0 Å². The molecule has 4 aromatic rings. The van der Waals surface area contributed by atoms with E-state index in [2.05, 4.69) is 25.9 Å². The van der Waals surface area contributed by atoms with Crippen molar-refractivity contribution in [3.05, 3.63) is 76.9 Å². The summed E-state index contributed by atoms with van der Waals surface area (Å²) in [4.78, 5) is 8.38. The third kappa shape index (κ3) is 2.74. The molecule has 0 bridgehead atoms. The molecule has 1 N–H and O–H groups in total. The number of halogens is 2. The van der Waals surface area contributed by atoms with Gasteiger partial charge in [0, 0.05) is 22.7 Å². The highest BCUT2D eigenvalue weighted by Crippen LogP contribution is 2.47. The maximum atomic E-state index is 13.4. The fraction of sp³-hybridized carbons (Fsp3) is 0.0476. The third-order valence-corrected chi connectivity index (χ3v) is 5.13. The van der Waals surface area contributed by atoms with Crippen LogP contribution in [-0.2, 0) is 0 Å². The summed E-state index contributed by atoms with van der Waals surface area (Å²) >= 11 is 3.52. The number of hydrogen-bond donors (Lipinski definition) is 1. The van der Waals surface area contributed by atoms with E-state index >= 15 is 0 Å². The molecule has 0 unspecified atom stereocenters. The van der Waals surface area contributed by atoms with Crippen molar-refractivity contribution in [2.45, 2.75) is 6.92 Å². The molecule has 3 aromatic carbocycles. The molecule has 0 saturated heterocycles. The Labute approximate surface area is 158 Å². The molecule has 5 heteroatoms. The molecule has 0 spiro atoms. The second kappa shape index (κ2) is 6.50. The smallest absolute Gasteiger partial charge is 0.156 e. The second-order valence-electron chi connectivity index (χ2n) is 6.07. The van der Waals surface area contributed by atoms with Crippen molar-refractivity contribution in [2.75, 3.05) is 0 Å². The average Bonchev–Trinajstić information content (AvgIpc) is 2.66. The van der Waals surface area contributed by atoms with E-state index in [1.54, 1.807) is 18.3 Å². The number of nitrogens with zero attached hydrogens (tertiary/aromatic N) is 2. The molecule has 3 nitrogen and oxygen atoms in total. The molecule has 1 heterocycles. The van der Waals surface area contributed by atoms with Gasteiger partial charge in [-0.05, 0) is 46.1 Å². The fourth-order valence-electron chi connectivity index (χ4n) is 3.08. The number of phenols is 1. The standard InChI is InChI=1S/C21H14BrFN2O/c1-12-2-4-13(5-3-12)17-16-10-24-11-25-20(16)21(26)19(22)18(17)14-6-8-15(23)9-7-14/h2-11,26H,1H3. The average molecular weight is 409 g/mol. The van der Waals surface area contributed by atoms with Gasteiger partial charge in [-0.1, -0.05) is 42.0 Å². The minimum atomic E-state index is -0.310. The maximum absolute atomic E-state index is 13.4. The Hall–Kier alpha value is -2.79. The maximum Gasteiger partial charge on any atom is 0.156 e. The predicted molar refractivity (Wildman–Crippen MR) is 104 cm³/mol. The molecule has 0 fully saturated rings. The highest BCUT2D eigenvalue weighted by atomic mass is 79.9. The molecule has 0 aliphatic heterocycles. The Balaban J connectivity index is 2.15. The minimum Gasteiger partial charge on any atom is -0.505 e. The van der Waals surface area contributed by atoms with Crippen LogP contribution in [0.4, 0.5) is 4.39 Å². The van der Waals surface area contributed by atoms with Crippen LogP contribution in [0.2, 0.25) is 0 Å². The summed E-state index contributed by atoms with van der Waals surface area (Å²) < 4.78 is 13.9. The van der Waals surface area contributed by atoms with Gasteiger partial charge in [0.15, 0.2) is 5.75 Å². The highest BCUT2D eigenvalue weighted by Gasteiger charge is 2.21. The monoisotopic (exact) mass is 408 g/mol. The largest absolute Gasteiger partial charge is 0.505 e. The Kier molecular flexibility index (Phi) is 4.17. The molecule has 1 aromatic heterocycles. The molecule has 0 amide bonds. The van der Waals surface area contributed by atoms with E-state index in [0.29, 0.717) is 9.99 Å². The van der Waals surface area contributed by atoms with Crippen LogP contribution in [-0.4, -0.2) is 15.1 Å². The molecular weight excluding hydrogens is 395 g/mol. The first-order chi connectivity index (χ1) is 12.6. The number of phenolic OH excluding ortho intramolecular Hbond substituents is 1. The first kappa shape index (κ1) is 16.7. The van der Waals surface area contributed by atoms with Gasteiger partial charge >= 0.3 is 0 Å². The lowest BCUT2D eigenvalue weighted by molar-refractivity contribution is 0.477. The number of rotatable bonds is 2. The summed E-state index contributed by atoms with van der Waals surface area (Å²) in [5, 5.41) is 11.4. The van der Waals surface area contributed by atoms with Crippen molar-refractivity contribution >= 4 is 26.8 Å². The normalized spacial score (nSPS) is 11.0. The van der Waals surface area contributed by atoms with Crippen LogP contribution in [0, 0.1) is 12.7 Å². The van der Waals surface area contributed by atoms with Gasteiger partial charge in [0.25, 0.3) is 0 Å². The van der Waals surface area contributed by atoms with E-state index in [1.807, 2.05) is 31.2 Å². The van der Waals surface area contributed by atoms with Gasteiger partial charge in [0.2, 0.25) is 0 Å². The lowest BCUT2D eigenvalue weighted by Crippen LogP contribution is -1.94. The van der Waals surface area contributed by atoms with Gasteiger partial charge in [-0.3, -0.25) is 0 Å². The van der Waals surface area contributed by atoms with Gasteiger partial charge in [-0.25, -0.2) is 14.4 Å². The van der Waals surface area contributed by atoms with E-state index in [-0.39, 0.29) is 11.6 Å². The highest BCUT2D eigenvalue weighted by molar-refractivity contribution is 9.10. The summed E-state index contributed by atoms with van der Waals surface area (Å²) in [6, 6.07) is 14.3. The number of fused-ring (bicyclic) bond motifs is 1. The van der Waals surface area contributed by atoms with Gasteiger partial charge in [-0.2, -0.15) is 0 Å². The second-order valence-corrected chi connectivity index (χ2v) is 6.86. The topological polar surface area (TPSA) is 46.0 Å². The summed E-state index contributed by atoms with van der Waals surface area (Å²) in [5.41, 5.74) is 5.03. The van der Waals surface area contributed by atoms with Crippen LogP contribution in [0.15, 0.2) is 65.5 Å². The zero-order valence-corrected chi connectivity index (χ0v) is 15.5. The van der Waals surface area contributed by atoms with Gasteiger partial charge in [0.05, 0.1) is 4.47 Å². The van der Waals surface area contributed by atoms with Crippen LogP contribution in [0.1, 0.15) is 5.56 Å². The van der Waals surface area contributed by atoms with E-state index in [4.69, 9.17) is 0 Å². The molecule has 26 heavy (non-hydrogen) atoms. The van der Waals surface area contributed by atoms with E-state index in [1.165, 1.54) is 18.5 Å². The summed E-state index contributed by atoms with van der Waals surface area (Å²) in [6.45, 7) is 2.03. The van der Waals surface area contributed by atoms with E-state index < -0.39 is 0 Å². The molecule has 4 rings (SSSR count). The molecule has 0 radical (unpaired) electrons. The van der Waals surface area contributed by atoms with E-state index in [9.17, 15) is 9.50 Å². The van der Waals surface area contributed by atoms with Gasteiger partial charge in [0.1, 0.15) is 17.7 Å². The van der Waals surface area contributed by atoms with Crippen LogP contribution < -0.4 is 0 Å².